The molecule has 0 radical (unpaired) electrons. The Hall–Kier alpha value is -2.57. The van der Waals surface area contributed by atoms with Crippen molar-refractivity contribution in [3.63, 3.8) is 0 Å². The molecule has 184 valence electrons. The van der Waals surface area contributed by atoms with Gasteiger partial charge in [0.1, 0.15) is 6.04 Å². The molecule has 35 heavy (non-hydrogen) atoms. The Kier molecular flexibility index (Phi) is 11.4. The van der Waals surface area contributed by atoms with Crippen LogP contribution in [0.1, 0.15) is 37.3 Å². The highest BCUT2D eigenvalue weighted by atomic mass is 79.9. The van der Waals surface area contributed by atoms with Crippen molar-refractivity contribution in [1.29, 1.82) is 0 Å². The van der Waals surface area contributed by atoms with Crippen molar-refractivity contribution in [2.75, 3.05) is 12.3 Å². The van der Waals surface area contributed by atoms with Crippen LogP contribution in [0.15, 0.2) is 94.3 Å². The molecule has 0 unspecified atom stereocenters. The van der Waals surface area contributed by atoms with Crippen molar-refractivity contribution in [3.05, 3.63) is 101 Å². The summed E-state index contributed by atoms with van der Waals surface area (Å²) in [5, 5.41) is 3.07. The van der Waals surface area contributed by atoms with Crippen LogP contribution in [0.3, 0.4) is 0 Å². The number of rotatable bonds is 13. The quantitative estimate of drug-likeness (QED) is 0.195. The summed E-state index contributed by atoms with van der Waals surface area (Å²) in [6, 6.07) is 27.4. The van der Waals surface area contributed by atoms with Gasteiger partial charge in [0.05, 0.1) is 0 Å². The summed E-state index contributed by atoms with van der Waals surface area (Å²) in [6.45, 7) is 3.10. The van der Waals surface area contributed by atoms with Gasteiger partial charge in [0.25, 0.3) is 0 Å². The van der Waals surface area contributed by atoms with Gasteiger partial charge in [-0.25, -0.2) is 0 Å². The molecule has 0 aliphatic heterocycles. The fourth-order valence-corrected chi connectivity index (χ4v) is 4.89. The first-order valence-corrected chi connectivity index (χ1v) is 13.9. The van der Waals surface area contributed by atoms with Crippen molar-refractivity contribution in [1.82, 2.24) is 10.2 Å². The minimum atomic E-state index is -0.577. The molecule has 1 N–H and O–H groups in total. The summed E-state index contributed by atoms with van der Waals surface area (Å²) in [4.78, 5) is 29.9. The maximum atomic E-state index is 13.6. The molecule has 0 fully saturated rings. The molecule has 0 spiro atoms. The van der Waals surface area contributed by atoms with Crippen LogP contribution in [0.5, 0.6) is 0 Å². The summed E-state index contributed by atoms with van der Waals surface area (Å²) in [7, 11) is 0. The number of thioether (sulfide) groups is 1. The van der Waals surface area contributed by atoms with Crippen LogP contribution in [-0.2, 0) is 22.6 Å². The van der Waals surface area contributed by atoms with Gasteiger partial charge >= 0.3 is 0 Å². The largest absolute Gasteiger partial charge is 0.354 e. The van der Waals surface area contributed by atoms with E-state index in [-0.39, 0.29) is 11.8 Å². The van der Waals surface area contributed by atoms with Crippen LogP contribution in [-0.4, -0.2) is 35.1 Å². The molecule has 1 atom stereocenters. The van der Waals surface area contributed by atoms with Gasteiger partial charge in [-0.2, -0.15) is 0 Å². The minimum Gasteiger partial charge on any atom is -0.354 e. The van der Waals surface area contributed by atoms with Crippen molar-refractivity contribution in [3.8, 4) is 0 Å². The van der Waals surface area contributed by atoms with Gasteiger partial charge in [-0.3, -0.25) is 9.59 Å². The summed E-state index contributed by atoms with van der Waals surface area (Å²) >= 11 is 5.14. The fraction of sp³-hybridized carbons (Fsp3) is 0.310. The molecule has 0 heterocycles. The van der Waals surface area contributed by atoms with E-state index >= 15 is 0 Å². The van der Waals surface area contributed by atoms with Gasteiger partial charge in [0.2, 0.25) is 11.8 Å². The van der Waals surface area contributed by atoms with E-state index in [1.165, 1.54) is 0 Å². The van der Waals surface area contributed by atoms with Crippen molar-refractivity contribution < 1.29 is 9.59 Å². The standard InChI is InChI=1S/C29H33BrN2O2S/c1-2-3-19-31-29(34)27(21-23-10-6-4-7-11-23)32(22-24-14-16-25(30)17-15-24)28(33)18-20-35-26-12-8-5-9-13-26/h4-17,27H,2-3,18-22H2,1H3,(H,31,34)/t27-/m1/s1. The third-order valence-corrected chi connectivity index (χ3v) is 7.24. The van der Waals surface area contributed by atoms with Crippen LogP contribution in [0, 0.1) is 0 Å². The van der Waals surface area contributed by atoms with Crippen LogP contribution in [0.2, 0.25) is 0 Å². The number of nitrogens with one attached hydrogen (secondary N) is 1. The monoisotopic (exact) mass is 552 g/mol. The second-order valence-electron chi connectivity index (χ2n) is 8.41. The molecular weight excluding hydrogens is 520 g/mol. The molecule has 0 saturated heterocycles. The lowest BCUT2D eigenvalue weighted by molar-refractivity contribution is -0.141. The summed E-state index contributed by atoms with van der Waals surface area (Å²) in [5.74, 6) is 0.557. The van der Waals surface area contributed by atoms with E-state index < -0.39 is 6.04 Å². The first-order chi connectivity index (χ1) is 17.1. The predicted octanol–water partition coefficient (Wildman–Crippen LogP) is 6.49. The zero-order valence-electron chi connectivity index (χ0n) is 20.2. The van der Waals surface area contributed by atoms with E-state index in [2.05, 4.69) is 28.2 Å². The minimum absolute atomic E-state index is 0.0112. The van der Waals surface area contributed by atoms with Crippen molar-refractivity contribution in [2.45, 2.75) is 50.1 Å². The highest BCUT2D eigenvalue weighted by Crippen LogP contribution is 2.21. The topological polar surface area (TPSA) is 49.4 Å². The number of hydrogen-bond donors (Lipinski definition) is 1. The molecular formula is C29H33BrN2O2S. The van der Waals surface area contributed by atoms with E-state index in [9.17, 15) is 9.59 Å². The lowest BCUT2D eigenvalue weighted by Crippen LogP contribution is -2.50. The van der Waals surface area contributed by atoms with Crippen LogP contribution in [0.4, 0.5) is 0 Å². The molecule has 0 saturated carbocycles. The second kappa shape index (κ2) is 14.7. The number of hydrogen-bond acceptors (Lipinski definition) is 3. The molecule has 6 heteroatoms. The first-order valence-electron chi connectivity index (χ1n) is 12.1. The molecule has 0 aliphatic rings. The lowest BCUT2D eigenvalue weighted by atomic mass is 10.0. The Bertz CT molecular complexity index is 1050. The molecule has 3 aromatic carbocycles. The molecule has 0 bridgehead atoms. The molecule has 2 amide bonds. The third kappa shape index (κ3) is 9.19. The van der Waals surface area contributed by atoms with Crippen molar-refractivity contribution >= 4 is 39.5 Å². The van der Waals surface area contributed by atoms with Crippen LogP contribution >= 0.6 is 27.7 Å². The first kappa shape index (κ1) is 27.0. The van der Waals surface area contributed by atoms with Crippen LogP contribution < -0.4 is 5.32 Å². The second-order valence-corrected chi connectivity index (χ2v) is 10.5. The van der Waals surface area contributed by atoms with Gasteiger partial charge in [-0.1, -0.05) is 89.9 Å². The number of unbranched alkanes of at least 4 members (excludes halogenated alkanes) is 1. The lowest BCUT2D eigenvalue weighted by Gasteiger charge is -2.31. The molecule has 0 aromatic heterocycles. The summed E-state index contributed by atoms with van der Waals surface area (Å²) in [5.41, 5.74) is 2.03. The van der Waals surface area contributed by atoms with E-state index in [1.807, 2.05) is 84.9 Å². The predicted molar refractivity (Wildman–Crippen MR) is 148 cm³/mol. The average molecular weight is 554 g/mol. The number of carbonyl (C=O) groups is 2. The fourth-order valence-electron chi connectivity index (χ4n) is 3.76. The van der Waals surface area contributed by atoms with Gasteiger partial charge in [0.15, 0.2) is 0 Å². The van der Waals surface area contributed by atoms with E-state index in [0.717, 1.165) is 33.3 Å². The highest BCUT2D eigenvalue weighted by molar-refractivity contribution is 9.10. The van der Waals surface area contributed by atoms with Gasteiger partial charge in [0, 0.05) is 41.1 Å². The smallest absolute Gasteiger partial charge is 0.243 e. The normalized spacial score (nSPS) is 11.6. The van der Waals surface area contributed by atoms with Gasteiger partial charge in [-0.15, -0.1) is 11.8 Å². The van der Waals surface area contributed by atoms with E-state index in [4.69, 9.17) is 0 Å². The number of nitrogens with zero attached hydrogens (tertiary/aromatic N) is 1. The third-order valence-electron chi connectivity index (χ3n) is 5.69. The maximum absolute atomic E-state index is 13.6. The Labute approximate surface area is 221 Å². The molecule has 3 rings (SSSR count). The highest BCUT2D eigenvalue weighted by Gasteiger charge is 2.30. The zero-order valence-corrected chi connectivity index (χ0v) is 22.6. The SMILES string of the molecule is CCCCNC(=O)[C@@H](Cc1ccccc1)N(Cc1ccc(Br)cc1)C(=O)CCSc1ccccc1. The van der Waals surface area contributed by atoms with E-state index in [0.29, 0.717) is 31.7 Å². The van der Waals surface area contributed by atoms with E-state index in [1.54, 1.807) is 16.7 Å². The summed E-state index contributed by atoms with van der Waals surface area (Å²) < 4.78 is 0.983. The Balaban J connectivity index is 1.82. The molecule has 3 aromatic rings. The van der Waals surface area contributed by atoms with Gasteiger partial charge < -0.3 is 10.2 Å². The van der Waals surface area contributed by atoms with Crippen LogP contribution in [0.25, 0.3) is 0 Å². The van der Waals surface area contributed by atoms with Gasteiger partial charge in [-0.05, 0) is 41.8 Å². The Morgan fingerprint density at radius 3 is 2.23 bits per heavy atom. The number of carbonyl (C=O) groups excluding carboxylic acids is 2. The Morgan fingerprint density at radius 1 is 0.914 bits per heavy atom. The number of amides is 2. The van der Waals surface area contributed by atoms with Crippen molar-refractivity contribution in [2.24, 2.45) is 0 Å². The zero-order chi connectivity index (χ0) is 24.9. The number of benzene rings is 3. The molecule has 4 nitrogen and oxygen atoms in total. The summed E-state index contributed by atoms with van der Waals surface area (Å²) in [6.07, 6.45) is 2.76. The maximum Gasteiger partial charge on any atom is 0.243 e. The molecule has 0 aliphatic carbocycles. The average Bonchev–Trinajstić information content (AvgIpc) is 2.88. The number of halogens is 1. The Morgan fingerprint density at radius 2 is 1.57 bits per heavy atom.